The number of amides is 1. The molecule has 1 atom stereocenters. The molecule has 1 amide bonds. The van der Waals surface area contributed by atoms with Gasteiger partial charge in [0.15, 0.2) is 0 Å². The Balaban J connectivity index is 2.00. The van der Waals surface area contributed by atoms with E-state index in [1.165, 1.54) is 0 Å². The van der Waals surface area contributed by atoms with Crippen LogP contribution in [0.4, 0.5) is 17.6 Å². The smallest absolute Gasteiger partial charge is 0.388 e. The van der Waals surface area contributed by atoms with E-state index >= 15 is 0 Å². The quantitative estimate of drug-likeness (QED) is 0.817. The van der Waals surface area contributed by atoms with Crippen LogP contribution in [-0.2, 0) is 17.5 Å². The molecule has 0 saturated heterocycles. The highest BCUT2D eigenvalue weighted by atomic mass is 19.4. The van der Waals surface area contributed by atoms with E-state index in [4.69, 9.17) is 0 Å². The summed E-state index contributed by atoms with van der Waals surface area (Å²) in [7, 11) is 0. The van der Waals surface area contributed by atoms with Crippen molar-refractivity contribution < 1.29 is 27.5 Å². The van der Waals surface area contributed by atoms with Crippen molar-refractivity contribution in [1.82, 2.24) is 5.32 Å². The molecule has 0 saturated carbocycles. The summed E-state index contributed by atoms with van der Waals surface area (Å²) in [6, 6.07) is 10.7. The Kier molecular flexibility index (Phi) is 5.56. The molecule has 0 heterocycles. The van der Waals surface area contributed by atoms with Gasteiger partial charge in [0, 0.05) is 6.54 Å². The van der Waals surface area contributed by atoms with Crippen molar-refractivity contribution in [3.05, 3.63) is 71.0 Å². The summed E-state index contributed by atoms with van der Waals surface area (Å²) in [5.74, 6) is -1.61. The van der Waals surface area contributed by atoms with E-state index in [0.717, 1.165) is 12.1 Å². The summed E-state index contributed by atoms with van der Waals surface area (Å²) in [5, 5.41) is 12.2. The topological polar surface area (TPSA) is 49.3 Å². The number of alkyl halides is 3. The summed E-state index contributed by atoms with van der Waals surface area (Å²) in [5.41, 5.74) is -0.844. The Bertz CT molecular complexity index is 701. The zero-order valence-corrected chi connectivity index (χ0v) is 12.5. The van der Waals surface area contributed by atoms with E-state index in [1.54, 1.807) is 30.3 Å². The van der Waals surface area contributed by atoms with Gasteiger partial charge in [-0.15, -0.1) is 0 Å². The SMILES string of the molecule is O=C(CC(O)c1ccccc1)NCc1ccc(F)cc1C(F)(F)F. The van der Waals surface area contributed by atoms with Crippen molar-refractivity contribution in [3.63, 3.8) is 0 Å². The number of halogens is 4. The Labute approximate surface area is 135 Å². The fourth-order valence-electron chi connectivity index (χ4n) is 2.20. The first kappa shape index (κ1) is 17.9. The number of carbonyl (C=O) groups excluding carboxylic acids is 1. The van der Waals surface area contributed by atoms with Crippen LogP contribution >= 0.6 is 0 Å². The van der Waals surface area contributed by atoms with Crippen LogP contribution in [0.2, 0.25) is 0 Å². The minimum atomic E-state index is -4.72. The molecule has 0 spiro atoms. The van der Waals surface area contributed by atoms with E-state index in [2.05, 4.69) is 5.32 Å². The van der Waals surface area contributed by atoms with Gasteiger partial charge in [-0.25, -0.2) is 4.39 Å². The molecule has 3 nitrogen and oxygen atoms in total. The maximum atomic E-state index is 13.0. The van der Waals surface area contributed by atoms with Crippen LogP contribution in [0.25, 0.3) is 0 Å². The minimum Gasteiger partial charge on any atom is -0.388 e. The number of benzene rings is 2. The lowest BCUT2D eigenvalue weighted by molar-refractivity contribution is -0.138. The number of hydrogen-bond donors (Lipinski definition) is 2. The van der Waals surface area contributed by atoms with Crippen molar-refractivity contribution in [2.75, 3.05) is 0 Å². The van der Waals surface area contributed by atoms with E-state index in [0.29, 0.717) is 11.6 Å². The van der Waals surface area contributed by atoms with E-state index in [9.17, 15) is 27.5 Å². The second kappa shape index (κ2) is 7.44. The van der Waals surface area contributed by atoms with Gasteiger partial charge in [0.2, 0.25) is 5.91 Å². The number of nitrogens with one attached hydrogen (secondary N) is 1. The predicted octanol–water partition coefficient (Wildman–Crippen LogP) is 3.58. The molecule has 2 rings (SSSR count). The fraction of sp³-hybridized carbons (Fsp3) is 0.235. The lowest BCUT2D eigenvalue weighted by Crippen LogP contribution is -2.26. The molecule has 2 aromatic carbocycles. The molecule has 2 N–H and O–H groups in total. The van der Waals surface area contributed by atoms with E-state index in [-0.39, 0.29) is 12.0 Å². The van der Waals surface area contributed by atoms with Gasteiger partial charge in [0.05, 0.1) is 18.1 Å². The molecule has 128 valence electrons. The molecule has 0 aliphatic carbocycles. The fourth-order valence-corrected chi connectivity index (χ4v) is 2.20. The summed E-state index contributed by atoms with van der Waals surface area (Å²) >= 11 is 0. The third-order valence-electron chi connectivity index (χ3n) is 3.42. The van der Waals surface area contributed by atoms with Gasteiger partial charge in [-0.05, 0) is 23.3 Å². The van der Waals surface area contributed by atoms with Crippen LogP contribution in [0, 0.1) is 5.82 Å². The summed E-state index contributed by atoms with van der Waals surface area (Å²) in [4.78, 5) is 11.8. The number of aliphatic hydroxyl groups is 1. The zero-order valence-electron chi connectivity index (χ0n) is 12.5. The van der Waals surface area contributed by atoms with Crippen molar-refractivity contribution >= 4 is 5.91 Å². The highest BCUT2D eigenvalue weighted by Gasteiger charge is 2.33. The first-order chi connectivity index (χ1) is 11.3. The van der Waals surface area contributed by atoms with E-state index < -0.39 is 36.1 Å². The first-order valence-corrected chi connectivity index (χ1v) is 7.12. The van der Waals surface area contributed by atoms with Crippen molar-refractivity contribution in [2.45, 2.75) is 25.2 Å². The molecule has 0 aliphatic heterocycles. The van der Waals surface area contributed by atoms with Crippen LogP contribution in [0.1, 0.15) is 29.2 Å². The predicted molar refractivity (Wildman–Crippen MR) is 79.3 cm³/mol. The number of carbonyl (C=O) groups is 1. The Morgan fingerprint density at radius 1 is 1.12 bits per heavy atom. The van der Waals surface area contributed by atoms with Gasteiger partial charge in [-0.1, -0.05) is 36.4 Å². The molecular weight excluding hydrogens is 326 g/mol. The third kappa shape index (κ3) is 4.79. The minimum absolute atomic E-state index is 0.244. The van der Waals surface area contributed by atoms with Crippen LogP contribution < -0.4 is 5.32 Å². The molecule has 0 bridgehead atoms. The van der Waals surface area contributed by atoms with Crippen LogP contribution in [-0.4, -0.2) is 11.0 Å². The zero-order chi connectivity index (χ0) is 17.7. The van der Waals surface area contributed by atoms with Gasteiger partial charge in [-0.2, -0.15) is 13.2 Å². The third-order valence-corrected chi connectivity index (χ3v) is 3.42. The summed E-state index contributed by atoms with van der Waals surface area (Å²) < 4.78 is 51.6. The van der Waals surface area contributed by atoms with Crippen molar-refractivity contribution in [3.8, 4) is 0 Å². The lowest BCUT2D eigenvalue weighted by atomic mass is 10.1. The maximum Gasteiger partial charge on any atom is 0.416 e. The Morgan fingerprint density at radius 3 is 2.42 bits per heavy atom. The Hall–Kier alpha value is -2.41. The average molecular weight is 341 g/mol. The summed E-state index contributed by atoms with van der Waals surface area (Å²) in [6.07, 6.45) is -6.06. The molecule has 1 unspecified atom stereocenters. The number of hydrogen-bond acceptors (Lipinski definition) is 2. The van der Waals surface area contributed by atoms with E-state index in [1.807, 2.05) is 0 Å². The van der Waals surface area contributed by atoms with Crippen LogP contribution in [0.5, 0.6) is 0 Å². The molecule has 0 fully saturated rings. The Morgan fingerprint density at radius 2 is 1.79 bits per heavy atom. The molecule has 0 radical (unpaired) electrons. The molecule has 24 heavy (non-hydrogen) atoms. The maximum absolute atomic E-state index is 13.0. The standard InChI is InChI=1S/C17H15F4NO2/c18-13-7-6-12(14(8-13)17(19,20)21)10-22-16(24)9-15(23)11-4-2-1-3-5-11/h1-8,15,23H,9-10H2,(H,22,24). The largest absolute Gasteiger partial charge is 0.416 e. The van der Waals surface area contributed by atoms with Crippen molar-refractivity contribution in [2.24, 2.45) is 0 Å². The normalized spacial score (nSPS) is 12.7. The summed E-state index contributed by atoms with van der Waals surface area (Å²) in [6.45, 7) is -0.407. The van der Waals surface area contributed by atoms with Gasteiger partial charge < -0.3 is 10.4 Å². The molecule has 0 aromatic heterocycles. The second-order valence-corrected chi connectivity index (χ2v) is 5.21. The first-order valence-electron chi connectivity index (χ1n) is 7.12. The molecular formula is C17H15F4NO2. The van der Waals surface area contributed by atoms with Gasteiger partial charge in [0.1, 0.15) is 5.82 Å². The monoisotopic (exact) mass is 341 g/mol. The molecule has 7 heteroatoms. The van der Waals surface area contributed by atoms with Crippen LogP contribution in [0.3, 0.4) is 0 Å². The van der Waals surface area contributed by atoms with Crippen molar-refractivity contribution in [1.29, 1.82) is 0 Å². The molecule has 0 aliphatic rings. The van der Waals surface area contributed by atoms with Gasteiger partial charge >= 0.3 is 6.18 Å². The highest BCUT2D eigenvalue weighted by Crippen LogP contribution is 2.32. The molecule has 2 aromatic rings. The van der Waals surface area contributed by atoms with Gasteiger partial charge in [-0.3, -0.25) is 4.79 Å². The number of aliphatic hydroxyl groups excluding tert-OH is 1. The highest BCUT2D eigenvalue weighted by molar-refractivity contribution is 5.76. The number of rotatable bonds is 5. The van der Waals surface area contributed by atoms with Crippen LogP contribution in [0.15, 0.2) is 48.5 Å². The van der Waals surface area contributed by atoms with Gasteiger partial charge in [0.25, 0.3) is 0 Å². The second-order valence-electron chi connectivity index (χ2n) is 5.21. The lowest BCUT2D eigenvalue weighted by Gasteiger charge is -2.15. The average Bonchev–Trinajstić information content (AvgIpc) is 2.53.